The predicted molar refractivity (Wildman–Crippen MR) is 80.3 cm³/mol. The summed E-state index contributed by atoms with van der Waals surface area (Å²) in [5, 5.41) is 0. The molecule has 0 bridgehead atoms. The van der Waals surface area contributed by atoms with Gasteiger partial charge in [0.05, 0.1) is 6.42 Å². The van der Waals surface area contributed by atoms with Crippen LogP contribution in [0.15, 0.2) is 24.3 Å². The minimum Gasteiger partial charge on any atom is -0.422 e. The highest BCUT2D eigenvalue weighted by Gasteiger charge is 2.80. The number of carbonyl (C=O) groups excluding carboxylic acids is 2. The van der Waals surface area contributed by atoms with Gasteiger partial charge in [-0.2, -0.15) is 35.1 Å². The molecule has 4 nitrogen and oxygen atoms in total. The monoisotopic (exact) mass is 426 g/mol. The Bertz CT molecular complexity index is 615. The van der Waals surface area contributed by atoms with Crippen LogP contribution in [-0.2, 0) is 19.1 Å². The average Bonchev–Trinajstić information content (AvgIpc) is 2.53. The predicted octanol–water partition coefficient (Wildman–Crippen LogP) is 4.89. The average molecular weight is 426 g/mol. The Morgan fingerprint density at radius 1 is 0.786 bits per heavy atom. The zero-order valence-corrected chi connectivity index (χ0v) is 15.1. The highest BCUT2D eigenvalue weighted by atomic mass is 19.4. The van der Waals surface area contributed by atoms with Gasteiger partial charge < -0.3 is 9.47 Å². The smallest absolute Gasteiger partial charge is 0.378 e. The molecule has 0 aliphatic carbocycles. The highest BCUT2D eigenvalue weighted by Crippen LogP contribution is 2.54. The van der Waals surface area contributed by atoms with Crippen LogP contribution < -0.4 is 0 Å². The van der Waals surface area contributed by atoms with E-state index in [1.807, 2.05) is 0 Å². The molecule has 0 aliphatic heterocycles. The van der Waals surface area contributed by atoms with E-state index >= 15 is 0 Å². The molecule has 0 aromatic rings. The maximum Gasteiger partial charge on any atom is 0.378 e. The van der Waals surface area contributed by atoms with Gasteiger partial charge in [-0.05, 0) is 13.8 Å². The van der Waals surface area contributed by atoms with E-state index in [2.05, 4.69) is 22.6 Å². The maximum atomic E-state index is 13.9. The Labute approximate surface area is 155 Å². The first-order valence-electron chi connectivity index (χ1n) is 7.58. The van der Waals surface area contributed by atoms with Crippen molar-refractivity contribution >= 4 is 11.9 Å². The van der Waals surface area contributed by atoms with Crippen LogP contribution in [0.25, 0.3) is 0 Å². The molecule has 0 radical (unpaired) electrons. The second-order valence-electron chi connectivity index (χ2n) is 5.92. The van der Waals surface area contributed by atoms with Crippen LogP contribution in [0, 0.1) is 0 Å². The normalized spacial score (nSPS) is 13.3. The van der Waals surface area contributed by atoms with Gasteiger partial charge in [0.25, 0.3) is 6.29 Å². The molecule has 0 amide bonds. The quantitative estimate of drug-likeness (QED) is 0.216. The number of alkyl halides is 8. The maximum absolute atomic E-state index is 13.9. The molecule has 0 atom stereocenters. The number of hydrogen-bond acceptors (Lipinski definition) is 4. The lowest BCUT2D eigenvalue weighted by Crippen LogP contribution is -2.62. The van der Waals surface area contributed by atoms with Crippen molar-refractivity contribution < 1.29 is 54.2 Å². The van der Waals surface area contributed by atoms with Crippen LogP contribution in [0.1, 0.15) is 33.6 Å². The summed E-state index contributed by atoms with van der Waals surface area (Å²) in [7, 11) is 0. The van der Waals surface area contributed by atoms with Gasteiger partial charge in [-0.25, -0.2) is 9.59 Å². The Morgan fingerprint density at radius 2 is 1.11 bits per heavy atom. The molecule has 28 heavy (non-hydrogen) atoms. The van der Waals surface area contributed by atoms with Crippen LogP contribution in [0.3, 0.4) is 0 Å². The van der Waals surface area contributed by atoms with Crippen molar-refractivity contribution in [2.45, 2.75) is 63.6 Å². The third-order valence-electron chi connectivity index (χ3n) is 3.35. The summed E-state index contributed by atoms with van der Waals surface area (Å²) < 4.78 is 117. The van der Waals surface area contributed by atoms with E-state index in [1.165, 1.54) is 0 Å². The van der Waals surface area contributed by atoms with E-state index in [-0.39, 0.29) is 0 Å². The van der Waals surface area contributed by atoms with E-state index in [9.17, 15) is 44.7 Å². The van der Waals surface area contributed by atoms with E-state index in [0.717, 1.165) is 13.8 Å². The molecule has 0 rings (SSSR count). The van der Waals surface area contributed by atoms with E-state index in [0.29, 0.717) is 6.92 Å². The topological polar surface area (TPSA) is 52.6 Å². The summed E-state index contributed by atoms with van der Waals surface area (Å²) in [5.74, 6) is -27.3. The van der Waals surface area contributed by atoms with Gasteiger partial charge >= 0.3 is 35.6 Å². The lowest BCUT2D eigenvalue weighted by molar-refractivity contribution is -0.372. The second-order valence-corrected chi connectivity index (χ2v) is 5.92. The molecular weight excluding hydrogens is 408 g/mol. The fraction of sp³-hybridized carbons (Fsp3) is 0.625. The third kappa shape index (κ3) is 5.22. The molecule has 0 aliphatic rings. The fourth-order valence-electron chi connectivity index (χ4n) is 1.57. The Morgan fingerprint density at radius 3 is 1.39 bits per heavy atom. The molecule has 0 saturated heterocycles. The Kier molecular flexibility index (Phi) is 7.83. The molecule has 0 heterocycles. The Hall–Kier alpha value is -2.14. The first-order valence-corrected chi connectivity index (χ1v) is 7.58. The Balaban J connectivity index is 5.90. The van der Waals surface area contributed by atoms with Crippen molar-refractivity contribution in [2.75, 3.05) is 0 Å². The minimum absolute atomic E-state index is 0.397. The van der Waals surface area contributed by atoms with E-state index in [4.69, 9.17) is 0 Å². The van der Waals surface area contributed by atoms with Crippen molar-refractivity contribution in [1.82, 2.24) is 0 Å². The zero-order valence-electron chi connectivity index (χ0n) is 15.1. The molecule has 0 aromatic carbocycles. The van der Waals surface area contributed by atoms with Gasteiger partial charge in [-0.1, -0.05) is 20.1 Å². The summed E-state index contributed by atoms with van der Waals surface area (Å²) in [6.07, 6.45) is -7.18. The number of carbonyl (C=O) groups is 2. The largest absolute Gasteiger partial charge is 0.422 e. The molecule has 0 N–H and O–H groups in total. The van der Waals surface area contributed by atoms with Gasteiger partial charge in [0.1, 0.15) is 0 Å². The SMILES string of the molecule is C=C(C)C(=O)OC(CC(F)(F)C(F)(F)C(F)(F)C(F)(F)CC)OC(=O)C(=C)C. The molecule has 0 aromatic heterocycles. The van der Waals surface area contributed by atoms with Crippen LogP contribution >= 0.6 is 0 Å². The van der Waals surface area contributed by atoms with Crippen molar-refractivity contribution in [2.24, 2.45) is 0 Å². The lowest BCUT2D eigenvalue weighted by atomic mass is 9.95. The van der Waals surface area contributed by atoms with Gasteiger partial charge in [-0.3, -0.25) is 0 Å². The van der Waals surface area contributed by atoms with Gasteiger partial charge in [0.15, 0.2) is 0 Å². The standard InChI is InChI=1S/C16H18F8O4/c1-6-13(17,18)15(21,22)16(23,24)14(19,20)7-10(27-11(25)8(2)3)28-12(26)9(4)5/h10H,2,4,6-7H2,1,3,5H3. The van der Waals surface area contributed by atoms with Crippen LogP contribution in [-0.4, -0.2) is 41.9 Å². The van der Waals surface area contributed by atoms with E-state index < -0.39 is 65.9 Å². The van der Waals surface area contributed by atoms with Gasteiger partial charge in [0.2, 0.25) is 0 Å². The molecule has 0 unspecified atom stereocenters. The molecule has 12 heteroatoms. The summed E-state index contributed by atoms with van der Waals surface area (Å²) in [6, 6.07) is 0. The van der Waals surface area contributed by atoms with Crippen LogP contribution in [0.2, 0.25) is 0 Å². The number of halogens is 8. The number of ether oxygens (including phenoxy) is 2. The summed E-state index contributed by atoms with van der Waals surface area (Å²) in [6.45, 7) is 8.56. The highest BCUT2D eigenvalue weighted by molar-refractivity contribution is 5.88. The number of esters is 2. The summed E-state index contributed by atoms with van der Waals surface area (Å²) >= 11 is 0. The summed E-state index contributed by atoms with van der Waals surface area (Å²) in [5.41, 5.74) is -0.872. The van der Waals surface area contributed by atoms with Gasteiger partial charge in [0, 0.05) is 17.6 Å². The van der Waals surface area contributed by atoms with Crippen LogP contribution in [0.4, 0.5) is 35.1 Å². The first kappa shape index (κ1) is 25.9. The summed E-state index contributed by atoms with van der Waals surface area (Å²) in [4.78, 5) is 22.8. The van der Waals surface area contributed by atoms with Crippen molar-refractivity contribution in [3.05, 3.63) is 24.3 Å². The number of rotatable bonds is 10. The molecule has 0 fully saturated rings. The first-order chi connectivity index (χ1) is 12.3. The van der Waals surface area contributed by atoms with Crippen molar-refractivity contribution in [3.8, 4) is 0 Å². The van der Waals surface area contributed by atoms with Crippen LogP contribution in [0.5, 0.6) is 0 Å². The molecule has 0 spiro atoms. The number of hydrogen-bond donors (Lipinski definition) is 0. The molecular formula is C16H18F8O4. The van der Waals surface area contributed by atoms with Crippen molar-refractivity contribution in [3.63, 3.8) is 0 Å². The van der Waals surface area contributed by atoms with Crippen molar-refractivity contribution in [1.29, 1.82) is 0 Å². The molecule has 0 saturated carbocycles. The molecule has 162 valence electrons. The lowest BCUT2D eigenvalue weighted by Gasteiger charge is -2.37. The fourth-order valence-corrected chi connectivity index (χ4v) is 1.57. The van der Waals surface area contributed by atoms with E-state index in [1.54, 1.807) is 0 Å². The second kappa shape index (κ2) is 8.48. The van der Waals surface area contributed by atoms with Gasteiger partial charge in [-0.15, -0.1) is 0 Å². The minimum atomic E-state index is -6.58. The zero-order chi connectivity index (χ0) is 22.7. The third-order valence-corrected chi connectivity index (χ3v) is 3.35.